The van der Waals surface area contributed by atoms with Crippen molar-refractivity contribution in [3.05, 3.63) is 28.8 Å². The number of anilines is 1. The molecule has 0 bridgehead atoms. The van der Waals surface area contributed by atoms with Crippen molar-refractivity contribution < 1.29 is 4.79 Å². The molecule has 1 aromatic carbocycles. The van der Waals surface area contributed by atoms with Gasteiger partial charge in [-0.25, -0.2) is 0 Å². The van der Waals surface area contributed by atoms with E-state index in [2.05, 4.69) is 5.32 Å². The molecule has 0 fully saturated rings. The van der Waals surface area contributed by atoms with Crippen LogP contribution in [0.25, 0.3) is 0 Å². The zero-order chi connectivity index (χ0) is 12.3. The maximum absolute atomic E-state index is 11.9. The Hall–Kier alpha value is -1.22. The summed E-state index contributed by atoms with van der Waals surface area (Å²) >= 11 is 5.85. The molecular weight excluding hydrogens is 224 g/mol. The topological polar surface area (TPSA) is 55.1 Å². The molecule has 0 saturated carbocycles. The summed E-state index contributed by atoms with van der Waals surface area (Å²) < 4.78 is 0. The number of hydrogen-bond donors (Lipinski definition) is 2. The Morgan fingerprint density at radius 3 is 2.56 bits per heavy atom. The first-order valence-electron chi connectivity index (χ1n) is 5.28. The lowest BCUT2D eigenvalue weighted by molar-refractivity contribution is 0.0931. The molecule has 88 valence electrons. The van der Waals surface area contributed by atoms with E-state index in [0.717, 1.165) is 0 Å². The van der Waals surface area contributed by atoms with E-state index in [0.29, 0.717) is 22.2 Å². The van der Waals surface area contributed by atoms with Crippen LogP contribution in [0.1, 0.15) is 31.1 Å². The maximum Gasteiger partial charge on any atom is 0.253 e. The summed E-state index contributed by atoms with van der Waals surface area (Å²) in [6, 6.07) is 5.16. The second-order valence-corrected chi connectivity index (χ2v) is 4.61. The molecule has 16 heavy (non-hydrogen) atoms. The molecule has 0 aromatic heterocycles. The molecule has 1 atom stereocenters. The Morgan fingerprint density at radius 2 is 2.00 bits per heavy atom. The lowest BCUT2D eigenvalue weighted by Crippen LogP contribution is -2.36. The molecule has 0 spiro atoms. The van der Waals surface area contributed by atoms with E-state index in [9.17, 15) is 4.79 Å². The summed E-state index contributed by atoms with van der Waals surface area (Å²) in [6.07, 6.45) is 0. The largest absolute Gasteiger partial charge is 0.397 e. The summed E-state index contributed by atoms with van der Waals surface area (Å²) in [4.78, 5) is 11.9. The molecule has 0 radical (unpaired) electrons. The number of para-hydroxylation sites is 1. The van der Waals surface area contributed by atoms with E-state index in [1.807, 2.05) is 20.8 Å². The lowest BCUT2D eigenvalue weighted by Gasteiger charge is -2.18. The molecule has 1 aromatic rings. The fourth-order valence-corrected chi connectivity index (χ4v) is 1.36. The highest BCUT2D eigenvalue weighted by Crippen LogP contribution is 2.22. The average Bonchev–Trinajstić information content (AvgIpc) is 2.21. The first kappa shape index (κ1) is 12.8. The third-order valence-corrected chi connectivity index (χ3v) is 2.99. The molecule has 4 heteroatoms. The van der Waals surface area contributed by atoms with E-state index < -0.39 is 0 Å². The highest BCUT2D eigenvalue weighted by molar-refractivity contribution is 6.33. The van der Waals surface area contributed by atoms with Crippen molar-refractivity contribution in [2.75, 3.05) is 5.73 Å². The van der Waals surface area contributed by atoms with Crippen molar-refractivity contribution >= 4 is 23.2 Å². The number of carbonyl (C=O) groups is 1. The SMILES string of the molecule is CC(C)C(C)NC(=O)c1cccc(Cl)c1N. The van der Waals surface area contributed by atoms with Crippen molar-refractivity contribution in [3.8, 4) is 0 Å². The predicted octanol–water partition coefficient (Wildman–Crippen LogP) is 2.70. The Kier molecular flexibility index (Phi) is 4.19. The van der Waals surface area contributed by atoms with Crippen molar-refractivity contribution in [2.45, 2.75) is 26.8 Å². The Labute approximate surface area is 101 Å². The molecule has 1 rings (SSSR count). The predicted molar refractivity (Wildman–Crippen MR) is 67.6 cm³/mol. The van der Waals surface area contributed by atoms with Gasteiger partial charge in [-0.1, -0.05) is 31.5 Å². The van der Waals surface area contributed by atoms with E-state index in [1.165, 1.54) is 0 Å². The van der Waals surface area contributed by atoms with Crippen LogP contribution in [0.2, 0.25) is 5.02 Å². The Morgan fingerprint density at radius 1 is 1.38 bits per heavy atom. The minimum absolute atomic E-state index is 0.103. The highest BCUT2D eigenvalue weighted by Gasteiger charge is 2.15. The number of nitrogens with two attached hydrogens (primary N) is 1. The molecule has 3 N–H and O–H groups in total. The number of hydrogen-bond acceptors (Lipinski definition) is 2. The van der Waals surface area contributed by atoms with E-state index in [1.54, 1.807) is 18.2 Å². The molecule has 0 saturated heterocycles. The Bertz CT molecular complexity index is 391. The first-order valence-corrected chi connectivity index (χ1v) is 5.66. The molecular formula is C12H17ClN2O. The molecule has 1 amide bonds. The van der Waals surface area contributed by atoms with Crippen molar-refractivity contribution in [1.82, 2.24) is 5.32 Å². The van der Waals surface area contributed by atoms with Gasteiger partial charge in [-0.2, -0.15) is 0 Å². The number of rotatable bonds is 3. The minimum Gasteiger partial charge on any atom is -0.397 e. The second-order valence-electron chi connectivity index (χ2n) is 4.21. The fourth-order valence-electron chi connectivity index (χ4n) is 1.19. The highest BCUT2D eigenvalue weighted by atomic mass is 35.5. The summed E-state index contributed by atoms with van der Waals surface area (Å²) in [5.41, 5.74) is 6.50. The lowest BCUT2D eigenvalue weighted by atomic mass is 10.1. The maximum atomic E-state index is 11.9. The van der Waals surface area contributed by atoms with Gasteiger partial charge in [0, 0.05) is 6.04 Å². The van der Waals surface area contributed by atoms with Gasteiger partial charge in [-0.05, 0) is 25.0 Å². The van der Waals surface area contributed by atoms with Gasteiger partial charge in [0.1, 0.15) is 0 Å². The van der Waals surface area contributed by atoms with E-state index >= 15 is 0 Å². The molecule has 1 unspecified atom stereocenters. The summed E-state index contributed by atoms with van der Waals surface area (Å²) in [6.45, 7) is 6.06. The number of nitrogens with one attached hydrogen (secondary N) is 1. The van der Waals surface area contributed by atoms with Crippen LogP contribution in [0.15, 0.2) is 18.2 Å². The van der Waals surface area contributed by atoms with Gasteiger partial charge in [-0.15, -0.1) is 0 Å². The fraction of sp³-hybridized carbons (Fsp3) is 0.417. The van der Waals surface area contributed by atoms with Crippen molar-refractivity contribution in [2.24, 2.45) is 5.92 Å². The quantitative estimate of drug-likeness (QED) is 0.799. The van der Waals surface area contributed by atoms with Crippen molar-refractivity contribution in [3.63, 3.8) is 0 Å². The molecule has 3 nitrogen and oxygen atoms in total. The van der Waals surface area contributed by atoms with Gasteiger partial charge in [0.15, 0.2) is 0 Å². The summed E-state index contributed by atoms with van der Waals surface area (Å²) in [5.74, 6) is 0.200. The van der Waals surface area contributed by atoms with Crippen LogP contribution in [-0.4, -0.2) is 11.9 Å². The average molecular weight is 241 g/mol. The van der Waals surface area contributed by atoms with Gasteiger partial charge in [0.25, 0.3) is 5.91 Å². The van der Waals surface area contributed by atoms with Gasteiger partial charge < -0.3 is 11.1 Å². The number of halogens is 1. The minimum atomic E-state index is -0.179. The van der Waals surface area contributed by atoms with Crippen molar-refractivity contribution in [1.29, 1.82) is 0 Å². The first-order chi connectivity index (χ1) is 7.43. The van der Waals surface area contributed by atoms with Gasteiger partial charge >= 0.3 is 0 Å². The van der Waals surface area contributed by atoms with Crippen LogP contribution in [-0.2, 0) is 0 Å². The van der Waals surface area contributed by atoms with Crippen LogP contribution >= 0.6 is 11.6 Å². The zero-order valence-corrected chi connectivity index (χ0v) is 10.5. The molecule has 0 heterocycles. The van der Waals surface area contributed by atoms with Gasteiger partial charge in [0.2, 0.25) is 0 Å². The smallest absolute Gasteiger partial charge is 0.253 e. The molecule has 0 aliphatic rings. The van der Waals surface area contributed by atoms with Gasteiger partial charge in [-0.3, -0.25) is 4.79 Å². The second kappa shape index (κ2) is 5.21. The third-order valence-electron chi connectivity index (χ3n) is 2.66. The third kappa shape index (κ3) is 2.89. The number of benzene rings is 1. The van der Waals surface area contributed by atoms with Gasteiger partial charge in [0.05, 0.1) is 16.3 Å². The normalized spacial score (nSPS) is 12.6. The van der Waals surface area contributed by atoms with E-state index in [-0.39, 0.29) is 11.9 Å². The summed E-state index contributed by atoms with van der Waals surface area (Å²) in [7, 11) is 0. The Balaban J connectivity index is 2.85. The standard InChI is InChI=1S/C12H17ClN2O/c1-7(2)8(3)15-12(16)9-5-4-6-10(13)11(9)14/h4-8H,14H2,1-3H3,(H,15,16). The van der Waals surface area contributed by atoms with Crippen LogP contribution in [0.5, 0.6) is 0 Å². The van der Waals surface area contributed by atoms with Crippen LogP contribution in [0.3, 0.4) is 0 Å². The van der Waals surface area contributed by atoms with Crippen LogP contribution < -0.4 is 11.1 Å². The monoisotopic (exact) mass is 240 g/mol. The summed E-state index contributed by atoms with van der Waals surface area (Å²) in [5, 5.41) is 3.29. The molecule has 0 aliphatic carbocycles. The number of nitrogen functional groups attached to an aromatic ring is 1. The zero-order valence-electron chi connectivity index (χ0n) is 9.75. The van der Waals surface area contributed by atoms with Crippen LogP contribution in [0, 0.1) is 5.92 Å². The van der Waals surface area contributed by atoms with Crippen LogP contribution in [0.4, 0.5) is 5.69 Å². The van der Waals surface area contributed by atoms with E-state index in [4.69, 9.17) is 17.3 Å². The number of carbonyl (C=O) groups excluding carboxylic acids is 1. The number of amides is 1. The molecule has 0 aliphatic heterocycles.